The van der Waals surface area contributed by atoms with Crippen molar-refractivity contribution in [2.24, 2.45) is 5.41 Å². The fourth-order valence-electron chi connectivity index (χ4n) is 5.85. The molecule has 0 spiro atoms. The first-order chi connectivity index (χ1) is 23.7. The van der Waals surface area contributed by atoms with Crippen molar-refractivity contribution >= 4 is 40.7 Å². The number of anilines is 1. The first kappa shape index (κ1) is 38.5. The standard InChI is InChI=1S/C37H49N5O7S/c1-23(25-9-11-26(12-10-25)32-24(2)39-22-50-32)40-34(45)30-19-29(43)20-42(30)35(46)33(37(3,4)5)41-31(44)21-49-18-8-6-7-17-38-28-15-13-27(14-16-28)36(47)48/h9-16,22-23,29-30,33,38,43H,6-8,17-21H2,1-5H3,(H,40,45)(H,41,44)(H,47,48)/t23?,29-,30+,33?/m1/s1. The second-order valence-electron chi connectivity index (χ2n) is 13.8. The molecule has 1 aliphatic rings. The van der Waals surface area contributed by atoms with Crippen LogP contribution < -0.4 is 16.0 Å². The number of aliphatic hydroxyl groups is 1. The van der Waals surface area contributed by atoms with E-state index in [1.54, 1.807) is 35.6 Å². The summed E-state index contributed by atoms with van der Waals surface area (Å²) in [4.78, 5) is 58.1. The maximum absolute atomic E-state index is 13.9. The molecular weight excluding hydrogens is 659 g/mol. The van der Waals surface area contributed by atoms with Gasteiger partial charge in [0, 0.05) is 31.8 Å². The van der Waals surface area contributed by atoms with Gasteiger partial charge in [-0.25, -0.2) is 9.78 Å². The molecule has 0 radical (unpaired) electrons. The van der Waals surface area contributed by atoms with Crippen LogP contribution in [-0.4, -0.2) is 88.3 Å². The molecule has 1 aromatic heterocycles. The van der Waals surface area contributed by atoms with Crippen LogP contribution >= 0.6 is 11.3 Å². The molecule has 12 nitrogen and oxygen atoms in total. The summed E-state index contributed by atoms with van der Waals surface area (Å²) < 4.78 is 5.59. The highest BCUT2D eigenvalue weighted by atomic mass is 32.1. The van der Waals surface area contributed by atoms with Crippen molar-refractivity contribution in [3.05, 3.63) is 70.9 Å². The molecule has 13 heteroatoms. The molecule has 5 N–H and O–H groups in total. The number of nitrogens with one attached hydrogen (secondary N) is 3. The van der Waals surface area contributed by atoms with Crippen molar-refractivity contribution in [3.8, 4) is 10.4 Å². The summed E-state index contributed by atoms with van der Waals surface area (Å²) in [5.74, 6) is -2.18. The number of aromatic nitrogens is 1. The second kappa shape index (κ2) is 17.6. The monoisotopic (exact) mass is 707 g/mol. The van der Waals surface area contributed by atoms with E-state index in [4.69, 9.17) is 9.84 Å². The number of carbonyl (C=O) groups excluding carboxylic acids is 3. The Bertz CT molecular complexity index is 1600. The molecule has 4 atom stereocenters. The van der Waals surface area contributed by atoms with Gasteiger partial charge in [-0.1, -0.05) is 45.0 Å². The minimum Gasteiger partial charge on any atom is -0.478 e. The number of β-amino-alcohol motifs (C(OH)–C–C–N with tert-alkyl or cyclic N) is 1. The molecule has 2 unspecified atom stereocenters. The molecule has 1 fully saturated rings. The van der Waals surface area contributed by atoms with Crippen molar-refractivity contribution in [1.82, 2.24) is 20.5 Å². The van der Waals surface area contributed by atoms with Crippen molar-refractivity contribution in [2.45, 2.75) is 84.5 Å². The number of carbonyl (C=O) groups is 4. The van der Waals surface area contributed by atoms with E-state index < -0.39 is 41.4 Å². The first-order valence-corrected chi connectivity index (χ1v) is 17.9. The lowest BCUT2D eigenvalue weighted by molar-refractivity contribution is -0.144. The number of unbranched alkanes of at least 4 members (excludes halogenated alkanes) is 2. The highest BCUT2D eigenvalue weighted by molar-refractivity contribution is 7.13. The molecular formula is C37H49N5O7S. The Morgan fingerprint density at radius 3 is 2.34 bits per heavy atom. The molecule has 4 rings (SSSR count). The van der Waals surface area contributed by atoms with E-state index in [1.807, 2.05) is 64.4 Å². The van der Waals surface area contributed by atoms with Crippen molar-refractivity contribution in [1.29, 1.82) is 0 Å². The number of aryl methyl sites for hydroxylation is 1. The molecule has 2 heterocycles. The van der Waals surface area contributed by atoms with Gasteiger partial charge in [0.05, 0.1) is 33.8 Å². The van der Waals surface area contributed by atoms with Crippen molar-refractivity contribution in [2.75, 3.05) is 31.6 Å². The van der Waals surface area contributed by atoms with Gasteiger partial charge in [-0.05, 0) is 73.9 Å². The average molecular weight is 708 g/mol. The minimum atomic E-state index is -0.961. The predicted octanol–water partition coefficient (Wildman–Crippen LogP) is 4.79. The fraction of sp³-hybridized carbons (Fsp3) is 0.486. The summed E-state index contributed by atoms with van der Waals surface area (Å²) in [6.45, 7) is 10.2. The zero-order chi connectivity index (χ0) is 36.4. The highest BCUT2D eigenvalue weighted by Crippen LogP contribution is 2.29. The maximum atomic E-state index is 13.9. The Morgan fingerprint density at radius 2 is 1.72 bits per heavy atom. The SMILES string of the molecule is Cc1ncsc1-c1ccc(C(C)NC(=O)[C@@H]2C[C@@H](O)CN2C(=O)C(NC(=O)COCCCCCNc2ccc(C(=O)O)cc2)C(C)(C)C)cc1. The number of benzene rings is 2. The number of aromatic carboxylic acids is 1. The molecule has 0 aliphatic carbocycles. The fourth-order valence-corrected chi connectivity index (χ4v) is 6.66. The van der Waals surface area contributed by atoms with Gasteiger partial charge in [0.2, 0.25) is 17.7 Å². The van der Waals surface area contributed by atoms with E-state index in [9.17, 15) is 24.3 Å². The Labute approximate surface area is 297 Å². The van der Waals surface area contributed by atoms with Gasteiger partial charge in [0.15, 0.2) is 0 Å². The maximum Gasteiger partial charge on any atom is 0.335 e. The van der Waals surface area contributed by atoms with E-state index in [-0.39, 0.29) is 37.1 Å². The molecule has 3 aromatic rings. The summed E-state index contributed by atoms with van der Waals surface area (Å²) in [6, 6.07) is 12.3. The average Bonchev–Trinajstić information content (AvgIpc) is 3.69. The highest BCUT2D eigenvalue weighted by Gasteiger charge is 2.44. The number of rotatable bonds is 16. The Morgan fingerprint density at radius 1 is 1.02 bits per heavy atom. The number of carboxylic acid groups (broad SMARTS) is 1. The lowest BCUT2D eigenvalue weighted by Crippen LogP contribution is -2.58. The zero-order valence-corrected chi connectivity index (χ0v) is 30.2. The second-order valence-corrected chi connectivity index (χ2v) is 14.7. The third kappa shape index (κ3) is 10.6. The number of thiazole rings is 1. The Kier molecular flexibility index (Phi) is 13.5. The topological polar surface area (TPSA) is 170 Å². The lowest BCUT2D eigenvalue weighted by atomic mass is 9.85. The van der Waals surface area contributed by atoms with Gasteiger partial charge in [0.1, 0.15) is 18.7 Å². The summed E-state index contributed by atoms with van der Waals surface area (Å²) in [7, 11) is 0. The number of hydrogen-bond acceptors (Lipinski definition) is 9. The van der Waals surface area contributed by atoms with Crippen molar-refractivity contribution < 1.29 is 34.1 Å². The van der Waals surface area contributed by atoms with E-state index >= 15 is 0 Å². The summed E-state index contributed by atoms with van der Waals surface area (Å²) in [5, 5.41) is 28.6. The molecule has 1 aliphatic heterocycles. The van der Waals surface area contributed by atoms with Crippen LogP contribution in [0.5, 0.6) is 0 Å². The van der Waals surface area contributed by atoms with Gasteiger partial charge < -0.3 is 35.8 Å². The molecule has 50 heavy (non-hydrogen) atoms. The third-order valence-corrected chi connectivity index (χ3v) is 9.70. The van der Waals surface area contributed by atoms with Gasteiger partial charge in [-0.3, -0.25) is 14.4 Å². The number of likely N-dealkylation sites (tertiary alicyclic amines) is 1. The van der Waals surface area contributed by atoms with Crippen molar-refractivity contribution in [3.63, 3.8) is 0 Å². The summed E-state index contributed by atoms with van der Waals surface area (Å²) in [6.07, 6.45) is 1.71. The van der Waals surface area contributed by atoms with Crippen LogP contribution in [0.3, 0.4) is 0 Å². The third-order valence-electron chi connectivity index (χ3n) is 8.72. The number of hydrogen-bond donors (Lipinski definition) is 5. The van der Waals surface area contributed by atoms with Crippen LogP contribution in [0.4, 0.5) is 5.69 Å². The van der Waals surface area contributed by atoms with Crippen LogP contribution in [0.25, 0.3) is 10.4 Å². The summed E-state index contributed by atoms with van der Waals surface area (Å²) in [5.41, 5.74) is 5.15. The van der Waals surface area contributed by atoms with Crippen LogP contribution in [-0.2, 0) is 19.1 Å². The van der Waals surface area contributed by atoms with Crippen LogP contribution in [0.15, 0.2) is 54.0 Å². The van der Waals surface area contributed by atoms with E-state index in [1.165, 1.54) is 4.90 Å². The smallest absolute Gasteiger partial charge is 0.335 e. The zero-order valence-electron chi connectivity index (χ0n) is 29.4. The quantitative estimate of drug-likeness (QED) is 0.132. The summed E-state index contributed by atoms with van der Waals surface area (Å²) >= 11 is 1.57. The van der Waals surface area contributed by atoms with Gasteiger partial charge in [0.25, 0.3) is 0 Å². The molecule has 0 saturated carbocycles. The Hall–Kier alpha value is -4.33. The normalized spacial score (nSPS) is 17.2. The predicted molar refractivity (Wildman–Crippen MR) is 193 cm³/mol. The van der Waals surface area contributed by atoms with Crippen LogP contribution in [0.2, 0.25) is 0 Å². The van der Waals surface area contributed by atoms with Gasteiger partial charge >= 0.3 is 5.97 Å². The van der Waals surface area contributed by atoms with E-state index in [0.717, 1.165) is 46.6 Å². The number of ether oxygens (including phenoxy) is 1. The molecule has 0 bridgehead atoms. The molecule has 3 amide bonds. The lowest BCUT2D eigenvalue weighted by Gasteiger charge is -2.35. The number of nitrogens with zero attached hydrogens (tertiary/aromatic N) is 2. The number of amides is 3. The largest absolute Gasteiger partial charge is 0.478 e. The molecule has 2 aromatic carbocycles. The Balaban J connectivity index is 1.23. The molecule has 270 valence electrons. The van der Waals surface area contributed by atoms with Gasteiger partial charge in [-0.2, -0.15) is 0 Å². The van der Waals surface area contributed by atoms with Crippen LogP contribution in [0.1, 0.15) is 81.0 Å². The molecule has 1 saturated heterocycles. The van der Waals surface area contributed by atoms with E-state index in [0.29, 0.717) is 13.2 Å². The van der Waals surface area contributed by atoms with Crippen LogP contribution in [0, 0.1) is 12.3 Å². The van der Waals surface area contributed by atoms with E-state index in [2.05, 4.69) is 20.9 Å². The first-order valence-electron chi connectivity index (χ1n) is 17.0. The minimum absolute atomic E-state index is 0.00432. The number of carboxylic acids is 1. The number of aliphatic hydroxyl groups excluding tert-OH is 1. The van der Waals surface area contributed by atoms with Gasteiger partial charge in [-0.15, -0.1) is 11.3 Å².